The molecule has 1 heterocycles. The number of hydrogen-bond donors (Lipinski definition) is 0. The quantitative estimate of drug-likeness (QED) is 0.680. The highest BCUT2D eigenvalue weighted by Gasteiger charge is 2.10. The Morgan fingerprint density at radius 3 is 2.73 bits per heavy atom. The van der Waals surface area contributed by atoms with Crippen LogP contribution in [0.15, 0.2) is 6.07 Å². The van der Waals surface area contributed by atoms with Gasteiger partial charge in [0.2, 0.25) is 0 Å². The molecule has 0 aliphatic heterocycles. The van der Waals surface area contributed by atoms with E-state index in [0.717, 1.165) is 17.1 Å². The van der Waals surface area contributed by atoms with Crippen LogP contribution in [0, 0.1) is 37.5 Å². The molecule has 1 aromatic heterocycles. The van der Waals surface area contributed by atoms with Crippen LogP contribution in [0.4, 0.5) is 5.69 Å². The molecule has 0 amide bonds. The van der Waals surface area contributed by atoms with Crippen molar-refractivity contribution in [3.8, 4) is 18.4 Å². The van der Waals surface area contributed by atoms with Crippen LogP contribution in [0.1, 0.15) is 17.0 Å². The Bertz CT molecular complexity index is 449. The molecule has 0 saturated carbocycles. The molecule has 0 bridgehead atoms. The first-order valence-corrected chi connectivity index (χ1v) is 4.63. The highest BCUT2D eigenvalue weighted by molar-refractivity contribution is 5.61. The summed E-state index contributed by atoms with van der Waals surface area (Å²) in [6, 6.07) is 4.04. The lowest BCUT2D eigenvalue weighted by Gasteiger charge is -2.18. The summed E-state index contributed by atoms with van der Waals surface area (Å²) in [5.74, 6) is 2.55. The van der Waals surface area contributed by atoms with Gasteiger partial charge in [0.15, 0.2) is 0 Å². The maximum atomic E-state index is 9.04. The van der Waals surface area contributed by atoms with Gasteiger partial charge in [-0.25, -0.2) is 0 Å². The average molecular weight is 199 g/mol. The molecule has 76 valence electrons. The molecule has 0 saturated heterocycles. The third-order valence-corrected chi connectivity index (χ3v) is 2.16. The van der Waals surface area contributed by atoms with Crippen molar-refractivity contribution in [3.63, 3.8) is 0 Å². The number of nitrogens with zero attached hydrogens (tertiary/aromatic N) is 3. The minimum atomic E-state index is 0.484. The van der Waals surface area contributed by atoms with Crippen molar-refractivity contribution >= 4 is 5.69 Å². The minimum absolute atomic E-state index is 0.484. The summed E-state index contributed by atoms with van der Waals surface area (Å²) >= 11 is 0. The second-order valence-electron chi connectivity index (χ2n) is 3.42. The summed E-state index contributed by atoms with van der Waals surface area (Å²) in [6.07, 6.45) is 5.24. The Labute approximate surface area is 90.4 Å². The monoisotopic (exact) mass is 199 g/mol. The van der Waals surface area contributed by atoms with E-state index in [1.54, 1.807) is 0 Å². The SMILES string of the molecule is C#CCN(C)c1cc(C)nc(C)c1C#N. The second kappa shape index (κ2) is 4.48. The number of aryl methyl sites for hydroxylation is 2. The van der Waals surface area contributed by atoms with E-state index in [-0.39, 0.29) is 0 Å². The predicted molar refractivity (Wildman–Crippen MR) is 60.5 cm³/mol. The highest BCUT2D eigenvalue weighted by Crippen LogP contribution is 2.21. The van der Waals surface area contributed by atoms with Gasteiger partial charge in [0.25, 0.3) is 0 Å². The molecule has 0 fully saturated rings. The fourth-order valence-corrected chi connectivity index (χ4v) is 1.47. The Morgan fingerprint density at radius 1 is 1.53 bits per heavy atom. The molecule has 1 aromatic rings. The number of terminal acetylenes is 1. The molecule has 0 unspecified atom stereocenters. The first-order chi connectivity index (χ1) is 7.10. The molecule has 15 heavy (non-hydrogen) atoms. The third kappa shape index (κ3) is 2.27. The topological polar surface area (TPSA) is 39.9 Å². The van der Waals surface area contributed by atoms with E-state index in [1.807, 2.05) is 31.9 Å². The van der Waals surface area contributed by atoms with Crippen molar-refractivity contribution in [3.05, 3.63) is 23.0 Å². The van der Waals surface area contributed by atoms with E-state index in [1.165, 1.54) is 0 Å². The van der Waals surface area contributed by atoms with Crippen molar-refractivity contribution in [2.45, 2.75) is 13.8 Å². The summed E-state index contributed by atoms with van der Waals surface area (Å²) < 4.78 is 0. The predicted octanol–water partition coefficient (Wildman–Crippen LogP) is 1.64. The second-order valence-corrected chi connectivity index (χ2v) is 3.42. The van der Waals surface area contributed by atoms with Gasteiger partial charge in [-0.2, -0.15) is 5.26 Å². The van der Waals surface area contributed by atoms with Gasteiger partial charge in [0.1, 0.15) is 6.07 Å². The maximum Gasteiger partial charge on any atom is 0.103 e. The number of hydrogen-bond acceptors (Lipinski definition) is 3. The first-order valence-electron chi connectivity index (χ1n) is 4.63. The van der Waals surface area contributed by atoms with E-state index >= 15 is 0 Å². The zero-order chi connectivity index (χ0) is 11.4. The molecule has 1 rings (SSSR count). The van der Waals surface area contributed by atoms with Gasteiger partial charge in [-0.1, -0.05) is 5.92 Å². The molecule has 0 aromatic carbocycles. The van der Waals surface area contributed by atoms with Gasteiger partial charge in [-0.05, 0) is 19.9 Å². The van der Waals surface area contributed by atoms with E-state index in [4.69, 9.17) is 11.7 Å². The Morgan fingerprint density at radius 2 is 2.20 bits per heavy atom. The number of rotatable bonds is 2. The van der Waals surface area contributed by atoms with E-state index < -0.39 is 0 Å². The smallest absolute Gasteiger partial charge is 0.103 e. The summed E-state index contributed by atoms with van der Waals surface area (Å²) in [5, 5.41) is 9.04. The summed E-state index contributed by atoms with van der Waals surface area (Å²) in [5.41, 5.74) is 3.08. The Balaban J connectivity index is 3.29. The van der Waals surface area contributed by atoms with Crippen LogP contribution in [0.25, 0.3) is 0 Å². The van der Waals surface area contributed by atoms with Crippen LogP contribution in [0.3, 0.4) is 0 Å². The lowest BCUT2D eigenvalue weighted by molar-refractivity contribution is 1.01. The van der Waals surface area contributed by atoms with Crippen molar-refractivity contribution in [2.75, 3.05) is 18.5 Å². The molecular weight excluding hydrogens is 186 g/mol. The average Bonchev–Trinajstić information content (AvgIpc) is 2.17. The largest absolute Gasteiger partial charge is 0.362 e. The molecule has 0 radical (unpaired) electrons. The molecule has 0 N–H and O–H groups in total. The summed E-state index contributed by atoms with van der Waals surface area (Å²) in [4.78, 5) is 6.12. The fraction of sp³-hybridized carbons (Fsp3) is 0.333. The molecule has 0 atom stereocenters. The van der Waals surface area contributed by atoms with Crippen LogP contribution in [0.2, 0.25) is 0 Å². The number of aromatic nitrogens is 1. The molecular formula is C12H13N3. The zero-order valence-corrected chi connectivity index (χ0v) is 9.20. The van der Waals surface area contributed by atoms with Gasteiger partial charge < -0.3 is 4.90 Å². The Kier molecular flexibility index (Phi) is 3.31. The van der Waals surface area contributed by atoms with Crippen LogP contribution in [-0.4, -0.2) is 18.6 Å². The van der Waals surface area contributed by atoms with Crippen LogP contribution in [-0.2, 0) is 0 Å². The molecule has 0 aliphatic rings. The van der Waals surface area contributed by atoms with Crippen molar-refractivity contribution in [2.24, 2.45) is 0 Å². The summed E-state index contributed by atoms with van der Waals surface area (Å²) in [6.45, 7) is 4.22. The molecule has 3 heteroatoms. The van der Waals surface area contributed by atoms with Crippen LogP contribution in [0.5, 0.6) is 0 Å². The molecule has 0 aliphatic carbocycles. The van der Waals surface area contributed by atoms with Gasteiger partial charge in [-0.3, -0.25) is 4.98 Å². The third-order valence-electron chi connectivity index (χ3n) is 2.16. The van der Waals surface area contributed by atoms with Crippen LogP contribution < -0.4 is 4.90 Å². The Hall–Kier alpha value is -2.00. The van der Waals surface area contributed by atoms with Gasteiger partial charge in [0, 0.05) is 12.7 Å². The van der Waals surface area contributed by atoms with Crippen molar-refractivity contribution in [1.82, 2.24) is 4.98 Å². The fourth-order valence-electron chi connectivity index (χ4n) is 1.47. The van der Waals surface area contributed by atoms with E-state index in [9.17, 15) is 0 Å². The zero-order valence-electron chi connectivity index (χ0n) is 9.20. The van der Waals surface area contributed by atoms with Gasteiger partial charge in [-0.15, -0.1) is 6.42 Å². The lowest BCUT2D eigenvalue weighted by Crippen LogP contribution is -2.19. The number of anilines is 1. The van der Waals surface area contributed by atoms with Gasteiger partial charge >= 0.3 is 0 Å². The minimum Gasteiger partial charge on any atom is -0.362 e. The summed E-state index contributed by atoms with van der Waals surface area (Å²) in [7, 11) is 1.87. The number of nitriles is 1. The van der Waals surface area contributed by atoms with Crippen LogP contribution >= 0.6 is 0 Å². The van der Waals surface area contributed by atoms with Crippen molar-refractivity contribution < 1.29 is 0 Å². The normalized spacial score (nSPS) is 9.13. The standard InChI is InChI=1S/C12H13N3/c1-5-6-15(4)12-7-9(2)14-10(3)11(12)8-13/h1,7H,6H2,2-4H3. The molecule has 3 nitrogen and oxygen atoms in total. The maximum absolute atomic E-state index is 9.04. The first kappa shape index (κ1) is 11.1. The molecule has 0 spiro atoms. The lowest BCUT2D eigenvalue weighted by atomic mass is 10.1. The van der Waals surface area contributed by atoms with E-state index in [0.29, 0.717) is 12.1 Å². The van der Waals surface area contributed by atoms with Gasteiger partial charge in [0.05, 0.1) is 23.5 Å². The van der Waals surface area contributed by atoms with Crippen molar-refractivity contribution in [1.29, 1.82) is 5.26 Å². The van der Waals surface area contributed by atoms with E-state index in [2.05, 4.69) is 17.0 Å². The number of pyridine rings is 1. The highest BCUT2D eigenvalue weighted by atomic mass is 15.1.